The molecule has 12 heteroatoms. The van der Waals surface area contributed by atoms with Gasteiger partial charge in [0, 0.05) is 36.6 Å². The highest BCUT2D eigenvalue weighted by Gasteiger charge is 2.31. The number of amides is 1. The van der Waals surface area contributed by atoms with Crippen molar-refractivity contribution in [3.63, 3.8) is 0 Å². The number of piperidine rings is 1. The Morgan fingerprint density at radius 3 is 2.56 bits per heavy atom. The zero-order chi connectivity index (χ0) is 28.2. The van der Waals surface area contributed by atoms with Gasteiger partial charge in [0.05, 0.1) is 23.3 Å². The first kappa shape index (κ1) is 28.2. The molecule has 0 saturated carbocycles. The monoisotopic (exact) mass is 545 g/mol. The highest BCUT2D eigenvalue weighted by Crippen LogP contribution is 2.34. The van der Waals surface area contributed by atoms with E-state index < -0.39 is 12.7 Å². The van der Waals surface area contributed by atoms with Gasteiger partial charge in [0.15, 0.2) is 0 Å². The summed E-state index contributed by atoms with van der Waals surface area (Å²) in [5.74, 6) is -0.210. The fourth-order valence-electron chi connectivity index (χ4n) is 4.64. The third-order valence-electron chi connectivity index (χ3n) is 6.55. The van der Waals surface area contributed by atoms with Crippen molar-refractivity contribution < 1.29 is 22.5 Å². The van der Waals surface area contributed by atoms with Gasteiger partial charge in [0.25, 0.3) is 5.91 Å². The van der Waals surface area contributed by atoms with Gasteiger partial charge < -0.3 is 29.2 Å². The number of likely N-dealkylation sites (tertiary alicyclic amines) is 1. The summed E-state index contributed by atoms with van der Waals surface area (Å²) in [5, 5.41) is 10.8. The van der Waals surface area contributed by atoms with Gasteiger partial charge in [-0.15, -0.1) is 0 Å². The van der Waals surface area contributed by atoms with Crippen LogP contribution in [0.3, 0.4) is 0 Å². The molecule has 0 atom stereocenters. The Labute approximate surface area is 225 Å². The van der Waals surface area contributed by atoms with Crippen LogP contribution in [-0.4, -0.2) is 62.4 Å². The maximum Gasteiger partial charge on any atom is 0.406 e. The van der Waals surface area contributed by atoms with E-state index in [0.717, 1.165) is 36.2 Å². The van der Waals surface area contributed by atoms with Crippen molar-refractivity contribution in [2.24, 2.45) is 7.05 Å². The summed E-state index contributed by atoms with van der Waals surface area (Å²) in [6.07, 6.45) is 0.864. The van der Waals surface area contributed by atoms with Crippen molar-refractivity contribution in [1.29, 1.82) is 0 Å². The Hall–Kier alpha value is -3.80. The normalized spacial score (nSPS) is 14.7. The van der Waals surface area contributed by atoms with Crippen molar-refractivity contribution in [3.8, 4) is 11.5 Å². The van der Waals surface area contributed by atoms with Gasteiger partial charge in [-0.2, -0.15) is 18.2 Å². The standard InChI is InChI=1S/C25H28F3N7O2.C2H6/c1-33-10-7-17(8-11-33)30-19-4-3-5-20-18(19)12-21(35(20)15-25(26,27)28)23-31-22(37-32-23)13-29-24(36)16-6-9-34(2)14-16;1-2/h3-6,9,12,14,17,30H,7-8,10-11,13,15H2,1-2H3,(H,29,36);1-2H3. The van der Waals surface area contributed by atoms with Gasteiger partial charge in [0.1, 0.15) is 6.54 Å². The van der Waals surface area contributed by atoms with Crippen molar-refractivity contribution in [2.45, 2.75) is 52.0 Å². The molecule has 0 aliphatic carbocycles. The lowest BCUT2D eigenvalue weighted by Crippen LogP contribution is -2.36. The van der Waals surface area contributed by atoms with Crippen molar-refractivity contribution in [1.82, 2.24) is 29.5 Å². The van der Waals surface area contributed by atoms with Crippen molar-refractivity contribution in [3.05, 3.63) is 54.2 Å². The number of anilines is 1. The molecule has 1 fully saturated rings. The van der Waals surface area contributed by atoms with Crippen LogP contribution >= 0.6 is 0 Å². The minimum atomic E-state index is -4.45. The number of alkyl halides is 3. The van der Waals surface area contributed by atoms with Crippen LogP contribution < -0.4 is 10.6 Å². The quantitative estimate of drug-likeness (QED) is 0.338. The molecule has 39 heavy (non-hydrogen) atoms. The molecule has 0 unspecified atom stereocenters. The second-order valence-corrected chi connectivity index (χ2v) is 9.45. The first-order valence-corrected chi connectivity index (χ1v) is 13.0. The predicted octanol–water partition coefficient (Wildman–Crippen LogP) is 5.05. The number of nitrogens with zero attached hydrogens (tertiary/aromatic N) is 5. The minimum absolute atomic E-state index is 0.0228. The molecule has 4 aromatic rings. The number of carbonyl (C=O) groups is 1. The molecule has 4 heterocycles. The van der Waals surface area contributed by atoms with Gasteiger partial charge in [0.2, 0.25) is 11.7 Å². The van der Waals surface area contributed by atoms with Gasteiger partial charge >= 0.3 is 6.18 Å². The van der Waals surface area contributed by atoms with Crippen LogP contribution in [0.5, 0.6) is 0 Å². The molecule has 2 N–H and O–H groups in total. The van der Waals surface area contributed by atoms with Crippen LogP contribution in [-0.2, 0) is 20.1 Å². The van der Waals surface area contributed by atoms with E-state index in [4.69, 9.17) is 4.52 Å². The summed E-state index contributed by atoms with van der Waals surface area (Å²) in [6, 6.07) is 8.85. The van der Waals surface area contributed by atoms with Gasteiger partial charge in [-0.3, -0.25) is 4.79 Å². The van der Waals surface area contributed by atoms with Crippen LogP contribution in [0.2, 0.25) is 0 Å². The first-order chi connectivity index (χ1) is 18.7. The Balaban J connectivity index is 0.00000172. The molecule has 0 radical (unpaired) electrons. The molecule has 3 aromatic heterocycles. The molecule has 1 saturated heterocycles. The minimum Gasteiger partial charge on any atom is -0.382 e. The molecule has 1 aliphatic heterocycles. The van der Waals surface area contributed by atoms with Crippen LogP contribution in [0.1, 0.15) is 42.9 Å². The molecule has 9 nitrogen and oxygen atoms in total. The maximum absolute atomic E-state index is 13.6. The summed E-state index contributed by atoms with van der Waals surface area (Å²) in [6.45, 7) is 4.67. The highest BCUT2D eigenvalue weighted by molar-refractivity contribution is 5.96. The van der Waals surface area contributed by atoms with E-state index in [1.165, 1.54) is 0 Å². The number of aryl methyl sites for hydroxylation is 1. The van der Waals surface area contributed by atoms with Crippen LogP contribution in [0, 0.1) is 0 Å². The lowest BCUT2D eigenvalue weighted by Gasteiger charge is -2.30. The van der Waals surface area contributed by atoms with Gasteiger partial charge in [-0.1, -0.05) is 25.1 Å². The summed E-state index contributed by atoms with van der Waals surface area (Å²) in [7, 11) is 3.88. The van der Waals surface area contributed by atoms with E-state index in [-0.39, 0.29) is 35.9 Å². The molecule has 0 bridgehead atoms. The number of carbonyl (C=O) groups excluding carboxylic acids is 1. The van der Waals surface area contributed by atoms with Crippen molar-refractivity contribution in [2.75, 3.05) is 25.5 Å². The molecular weight excluding hydrogens is 511 g/mol. The molecule has 210 valence electrons. The van der Waals surface area contributed by atoms with E-state index >= 15 is 0 Å². The van der Waals surface area contributed by atoms with E-state index in [2.05, 4.69) is 32.7 Å². The Kier molecular flexibility index (Phi) is 8.63. The fraction of sp³-hybridized carbons (Fsp3) is 0.444. The number of benzene rings is 1. The van der Waals surface area contributed by atoms with Gasteiger partial charge in [-0.25, -0.2) is 0 Å². The summed E-state index contributed by atoms with van der Waals surface area (Å²) >= 11 is 0. The number of hydrogen-bond donors (Lipinski definition) is 2. The zero-order valence-corrected chi connectivity index (χ0v) is 22.5. The number of aromatic nitrogens is 4. The molecular formula is C27H34F3N7O2. The highest BCUT2D eigenvalue weighted by atomic mass is 19.4. The summed E-state index contributed by atoms with van der Waals surface area (Å²) < 4.78 is 48.9. The smallest absolute Gasteiger partial charge is 0.382 e. The molecule has 1 aromatic carbocycles. The lowest BCUT2D eigenvalue weighted by atomic mass is 10.0. The average molecular weight is 546 g/mol. The number of halogens is 3. The Morgan fingerprint density at radius 2 is 1.90 bits per heavy atom. The number of fused-ring (bicyclic) bond motifs is 1. The fourth-order valence-corrected chi connectivity index (χ4v) is 4.64. The third kappa shape index (κ3) is 6.80. The molecule has 0 spiro atoms. The first-order valence-electron chi connectivity index (χ1n) is 13.0. The largest absolute Gasteiger partial charge is 0.406 e. The second kappa shape index (κ2) is 11.9. The molecule has 5 rings (SSSR count). The third-order valence-corrected chi connectivity index (χ3v) is 6.55. The number of hydrogen-bond acceptors (Lipinski definition) is 6. The molecule has 1 aliphatic rings. The SMILES string of the molecule is CC.CN1CCC(Nc2cccc3c2cc(-c2noc(CNC(=O)c4ccn(C)c4)n2)n3CC(F)(F)F)CC1. The predicted molar refractivity (Wildman–Crippen MR) is 143 cm³/mol. The number of rotatable bonds is 7. The van der Waals surface area contributed by atoms with Crippen LogP contribution in [0.25, 0.3) is 22.4 Å². The topological polar surface area (TPSA) is 93.2 Å². The van der Waals surface area contributed by atoms with Crippen LogP contribution in [0.15, 0.2) is 47.2 Å². The summed E-state index contributed by atoms with van der Waals surface area (Å²) in [5.41, 5.74) is 1.86. The second-order valence-electron chi connectivity index (χ2n) is 9.45. The zero-order valence-electron chi connectivity index (χ0n) is 22.5. The van der Waals surface area contributed by atoms with E-state index in [0.29, 0.717) is 16.5 Å². The van der Waals surface area contributed by atoms with Crippen molar-refractivity contribution >= 4 is 22.5 Å². The molecule has 1 amide bonds. The maximum atomic E-state index is 13.6. The van der Waals surface area contributed by atoms with E-state index in [1.54, 1.807) is 48.3 Å². The lowest BCUT2D eigenvalue weighted by molar-refractivity contribution is -0.139. The average Bonchev–Trinajstić information content (AvgIpc) is 3.64. The van der Waals surface area contributed by atoms with Crippen LogP contribution in [0.4, 0.5) is 18.9 Å². The van der Waals surface area contributed by atoms with E-state index in [9.17, 15) is 18.0 Å². The Bertz CT molecular complexity index is 1400. The Morgan fingerprint density at radius 1 is 1.15 bits per heavy atom. The van der Waals surface area contributed by atoms with E-state index in [1.807, 2.05) is 19.9 Å². The summed E-state index contributed by atoms with van der Waals surface area (Å²) in [4.78, 5) is 18.8. The van der Waals surface area contributed by atoms with Gasteiger partial charge in [-0.05, 0) is 57.2 Å². The number of nitrogens with one attached hydrogen (secondary N) is 2.